The molecular weight excluding hydrogens is 208 g/mol. The molecule has 2 rings (SSSR count). The molecule has 0 radical (unpaired) electrons. The van der Waals surface area contributed by atoms with E-state index < -0.39 is 0 Å². The van der Waals surface area contributed by atoms with Crippen LogP contribution in [-0.2, 0) is 0 Å². The molecule has 0 bridgehead atoms. The smallest absolute Gasteiger partial charge is 0.0907 e. The van der Waals surface area contributed by atoms with E-state index in [4.69, 9.17) is 5.41 Å². The van der Waals surface area contributed by atoms with E-state index in [-0.39, 0.29) is 0 Å². The predicted molar refractivity (Wildman–Crippen MR) is 65.3 cm³/mol. The molecule has 2 N–H and O–H groups in total. The van der Waals surface area contributed by atoms with Gasteiger partial charge in [0.15, 0.2) is 0 Å². The van der Waals surface area contributed by atoms with Crippen LogP contribution >= 0.6 is 11.3 Å². The number of aromatic nitrogens is 1. The summed E-state index contributed by atoms with van der Waals surface area (Å²) < 4.78 is 1.14. The Morgan fingerprint density at radius 3 is 3.20 bits per heavy atom. The van der Waals surface area contributed by atoms with Crippen molar-refractivity contribution in [1.82, 2.24) is 4.98 Å². The average Bonchev–Trinajstić information content (AvgIpc) is 2.57. The quantitative estimate of drug-likeness (QED) is 0.614. The molecule has 15 heavy (non-hydrogen) atoms. The molecule has 0 amide bonds. The van der Waals surface area contributed by atoms with Gasteiger partial charge in [-0.15, -0.1) is 11.3 Å². The summed E-state index contributed by atoms with van der Waals surface area (Å²) in [7, 11) is 0. The SMILES string of the molecule is Cc1nc2ccc(N/N=C\C=N)cc2s1. The first-order chi connectivity index (χ1) is 7.29. The average molecular weight is 218 g/mol. The highest BCUT2D eigenvalue weighted by Crippen LogP contribution is 2.24. The molecule has 0 aliphatic rings. The van der Waals surface area contributed by atoms with E-state index in [0.717, 1.165) is 27.1 Å². The van der Waals surface area contributed by atoms with Crippen LogP contribution in [0.4, 0.5) is 5.69 Å². The maximum Gasteiger partial charge on any atom is 0.0907 e. The van der Waals surface area contributed by atoms with Crippen LogP contribution in [0.1, 0.15) is 5.01 Å². The molecule has 2 aromatic rings. The van der Waals surface area contributed by atoms with Crippen molar-refractivity contribution in [2.45, 2.75) is 6.92 Å². The summed E-state index contributed by atoms with van der Waals surface area (Å²) in [5.41, 5.74) is 4.76. The second kappa shape index (κ2) is 4.18. The number of aryl methyl sites for hydroxylation is 1. The third-order valence-corrected chi connectivity index (χ3v) is 2.77. The Hall–Kier alpha value is -1.75. The number of fused-ring (bicyclic) bond motifs is 1. The Labute approximate surface area is 91.2 Å². The van der Waals surface area contributed by atoms with Crippen LogP contribution in [0, 0.1) is 12.3 Å². The Morgan fingerprint density at radius 1 is 1.53 bits per heavy atom. The monoisotopic (exact) mass is 218 g/mol. The zero-order chi connectivity index (χ0) is 10.7. The molecular formula is C10H10N4S. The van der Waals surface area contributed by atoms with Crippen molar-refractivity contribution in [3.05, 3.63) is 23.2 Å². The van der Waals surface area contributed by atoms with Gasteiger partial charge in [-0.3, -0.25) is 5.43 Å². The molecule has 0 aliphatic heterocycles. The van der Waals surface area contributed by atoms with Crippen LogP contribution in [0.25, 0.3) is 10.2 Å². The minimum Gasteiger partial charge on any atom is -0.307 e. The van der Waals surface area contributed by atoms with E-state index in [2.05, 4.69) is 15.5 Å². The molecule has 0 saturated heterocycles. The molecule has 4 nitrogen and oxygen atoms in total. The van der Waals surface area contributed by atoms with Gasteiger partial charge in [0.05, 0.1) is 27.1 Å². The van der Waals surface area contributed by atoms with E-state index in [1.807, 2.05) is 25.1 Å². The van der Waals surface area contributed by atoms with Crippen molar-refractivity contribution in [3.63, 3.8) is 0 Å². The molecule has 0 aliphatic carbocycles. The second-order valence-electron chi connectivity index (χ2n) is 2.97. The number of thiazole rings is 1. The van der Waals surface area contributed by atoms with E-state index in [0.29, 0.717) is 0 Å². The van der Waals surface area contributed by atoms with Gasteiger partial charge in [-0.25, -0.2) is 4.98 Å². The first kappa shape index (κ1) is 9.79. The van der Waals surface area contributed by atoms with Gasteiger partial charge in [-0.2, -0.15) is 5.10 Å². The topological polar surface area (TPSA) is 61.1 Å². The minimum absolute atomic E-state index is 0.907. The number of hydrogen-bond donors (Lipinski definition) is 2. The van der Waals surface area contributed by atoms with Gasteiger partial charge < -0.3 is 5.41 Å². The minimum atomic E-state index is 0.907. The number of hydrazone groups is 1. The van der Waals surface area contributed by atoms with Gasteiger partial charge >= 0.3 is 0 Å². The third-order valence-electron chi connectivity index (χ3n) is 1.84. The standard InChI is InChI=1S/C10H10N4S/c1-7-13-9-3-2-8(6-10(9)15-7)14-12-5-4-11/h2-6,11,14H,1H3/b11-4?,12-5-. The summed E-state index contributed by atoms with van der Waals surface area (Å²) in [5.74, 6) is 0. The Morgan fingerprint density at radius 2 is 2.40 bits per heavy atom. The molecule has 1 aromatic heterocycles. The maximum atomic E-state index is 6.78. The zero-order valence-electron chi connectivity index (χ0n) is 8.19. The zero-order valence-corrected chi connectivity index (χ0v) is 9.01. The lowest BCUT2D eigenvalue weighted by Gasteiger charge is -1.97. The van der Waals surface area contributed by atoms with E-state index in [1.165, 1.54) is 6.21 Å². The van der Waals surface area contributed by atoms with E-state index >= 15 is 0 Å². The van der Waals surface area contributed by atoms with Gasteiger partial charge in [0.1, 0.15) is 0 Å². The van der Waals surface area contributed by atoms with Gasteiger partial charge in [0.2, 0.25) is 0 Å². The van der Waals surface area contributed by atoms with E-state index in [9.17, 15) is 0 Å². The van der Waals surface area contributed by atoms with Crippen molar-refractivity contribution in [3.8, 4) is 0 Å². The van der Waals surface area contributed by atoms with Crippen molar-refractivity contribution < 1.29 is 0 Å². The summed E-state index contributed by atoms with van der Waals surface area (Å²) in [6, 6.07) is 5.88. The summed E-state index contributed by atoms with van der Waals surface area (Å²) in [6.07, 6.45) is 2.52. The van der Waals surface area contributed by atoms with Gasteiger partial charge in [-0.05, 0) is 25.1 Å². The van der Waals surface area contributed by atoms with Crippen molar-refractivity contribution in [2.24, 2.45) is 5.10 Å². The Bertz CT molecular complexity index is 515. The van der Waals surface area contributed by atoms with Crippen molar-refractivity contribution >= 4 is 39.7 Å². The Balaban J connectivity index is 2.29. The summed E-state index contributed by atoms with van der Waals surface area (Å²) in [6.45, 7) is 1.99. The Kier molecular flexibility index (Phi) is 2.73. The van der Waals surface area contributed by atoms with Crippen LogP contribution in [0.2, 0.25) is 0 Å². The number of rotatable bonds is 3. The maximum absolute atomic E-state index is 6.78. The fourth-order valence-corrected chi connectivity index (χ4v) is 2.12. The molecule has 0 fully saturated rings. The van der Waals surface area contributed by atoms with Crippen LogP contribution in [0.15, 0.2) is 23.3 Å². The predicted octanol–water partition coefficient (Wildman–Crippen LogP) is 2.65. The second-order valence-corrected chi connectivity index (χ2v) is 4.21. The fourth-order valence-electron chi connectivity index (χ4n) is 1.26. The molecule has 76 valence electrons. The van der Waals surface area contributed by atoms with Crippen LogP contribution in [0.3, 0.4) is 0 Å². The number of hydrogen-bond acceptors (Lipinski definition) is 5. The van der Waals surface area contributed by atoms with Gasteiger partial charge in [0.25, 0.3) is 0 Å². The first-order valence-corrected chi connectivity index (χ1v) is 5.26. The lowest BCUT2D eigenvalue weighted by molar-refractivity contribution is 1.34. The molecule has 0 spiro atoms. The fraction of sp³-hybridized carbons (Fsp3) is 0.100. The molecule has 5 heteroatoms. The number of nitrogens with zero attached hydrogens (tertiary/aromatic N) is 2. The number of benzene rings is 1. The number of anilines is 1. The molecule has 1 heterocycles. The van der Waals surface area contributed by atoms with Crippen molar-refractivity contribution in [2.75, 3.05) is 5.43 Å². The van der Waals surface area contributed by atoms with Crippen LogP contribution in [-0.4, -0.2) is 17.4 Å². The third kappa shape index (κ3) is 2.19. The van der Waals surface area contributed by atoms with Crippen LogP contribution in [0.5, 0.6) is 0 Å². The van der Waals surface area contributed by atoms with Crippen LogP contribution < -0.4 is 5.43 Å². The van der Waals surface area contributed by atoms with Crippen molar-refractivity contribution in [1.29, 1.82) is 5.41 Å². The molecule has 0 saturated carbocycles. The van der Waals surface area contributed by atoms with E-state index in [1.54, 1.807) is 11.3 Å². The molecule has 0 atom stereocenters. The highest BCUT2D eigenvalue weighted by molar-refractivity contribution is 7.18. The molecule has 1 aromatic carbocycles. The van der Waals surface area contributed by atoms with Gasteiger partial charge in [-0.1, -0.05) is 0 Å². The van der Waals surface area contributed by atoms with Gasteiger partial charge in [0, 0.05) is 6.21 Å². The lowest BCUT2D eigenvalue weighted by atomic mass is 10.3. The first-order valence-electron chi connectivity index (χ1n) is 4.45. The summed E-state index contributed by atoms with van der Waals surface area (Å²) in [4.78, 5) is 4.37. The largest absolute Gasteiger partial charge is 0.307 e. The normalized spacial score (nSPS) is 11.0. The number of nitrogens with one attached hydrogen (secondary N) is 2. The highest BCUT2D eigenvalue weighted by atomic mass is 32.1. The summed E-state index contributed by atoms with van der Waals surface area (Å²) in [5, 5.41) is 11.7. The summed E-state index contributed by atoms with van der Waals surface area (Å²) >= 11 is 1.66. The molecule has 0 unspecified atom stereocenters. The lowest BCUT2D eigenvalue weighted by Crippen LogP contribution is -1.88. The highest BCUT2D eigenvalue weighted by Gasteiger charge is 2.00.